The number of nitro benzene ring substituents is 1. The van der Waals surface area contributed by atoms with Crippen LogP contribution in [0.15, 0.2) is 36.4 Å². The highest BCUT2D eigenvalue weighted by molar-refractivity contribution is 7.39. The summed E-state index contributed by atoms with van der Waals surface area (Å²) in [5.41, 5.74) is -0.837. The van der Waals surface area contributed by atoms with Crippen molar-refractivity contribution in [3.05, 3.63) is 62.7 Å². The molecular weight excluding hydrogens is 422 g/mol. The zero-order valence-electron chi connectivity index (χ0n) is 14.6. The number of nitrogens with zero attached hydrogens (tertiary/aromatic N) is 1. The molecule has 0 saturated heterocycles. The van der Waals surface area contributed by atoms with Crippen molar-refractivity contribution in [2.24, 2.45) is 0 Å². The highest BCUT2D eigenvalue weighted by Crippen LogP contribution is 2.37. The van der Waals surface area contributed by atoms with Crippen molar-refractivity contribution in [1.29, 1.82) is 0 Å². The van der Waals surface area contributed by atoms with Gasteiger partial charge in [-0.25, -0.2) is 0 Å². The summed E-state index contributed by atoms with van der Waals surface area (Å²) in [5, 5.41) is 10.9. The molecule has 0 spiro atoms. The molecule has 0 heterocycles. The predicted molar refractivity (Wildman–Crippen MR) is 98.8 cm³/mol. The Morgan fingerprint density at radius 2 is 1.93 bits per heavy atom. The van der Waals surface area contributed by atoms with Gasteiger partial charge in [0.1, 0.15) is 11.5 Å². The molecule has 0 bridgehead atoms. The molecule has 6 nitrogen and oxygen atoms in total. The van der Waals surface area contributed by atoms with Gasteiger partial charge in [-0.2, -0.15) is 13.2 Å². The highest BCUT2D eigenvalue weighted by atomic mass is 35.5. The Labute approximate surface area is 164 Å². The van der Waals surface area contributed by atoms with Crippen molar-refractivity contribution in [2.75, 3.05) is 12.8 Å². The van der Waals surface area contributed by atoms with Crippen LogP contribution in [0, 0.1) is 10.1 Å². The minimum Gasteiger partial charge on any atom is -0.456 e. The lowest BCUT2D eigenvalue weighted by atomic mass is 10.1. The van der Waals surface area contributed by atoms with E-state index in [0.29, 0.717) is 0 Å². The van der Waals surface area contributed by atoms with Crippen LogP contribution >= 0.6 is 19.6 Å². The molecule has 28 heavy (non-hydrogen) atoms. The third-order valence-corrected chi connectivity index (χ3v) is 5.20. The van der Waals surface area contributed by atoms with E-state index in [9.17, 15) is 27.9 Å². The van der Waals surface area contributed by atoms with Crippen LogP contribution in [0.3, 0.4) is 0 Å². The Morgan fingerprint density at radius 3 is 2.50 bits per heavy atom. The second-order valence-corrected chi connectivity index (χ2v) is 7.54. The van der Waals surface area contributed by atoms with Crippen LogP contribution in [0.4, 0.5) is 18.9 Å². The normalized spacial score (nSPS) is 12.6. The SMILES string of the molecule is CCO[PH](=O)CCc1cc(Oc2ccc(C(F)(F)F)cc2Cl)ccc1[N+](=O)[O-]. The second-order valence-electron chi connectivity index (χ2n) is 5.60. The van der Waals surface area contributed by atoms with Gasteiger partial charge in [-0.1, -0.05) is 11.6 Å². The minimum atomic E-state index is -4.54. The van der Waals surface area contributed by atoms with E-state index in [0.717, 1.165) is 18.2 Å². The Hall–Kier alpha value is -2.09. The van der Waals surface area contributed by atoms with Crippen molar-refractivity contribution in [3.8, 4) is 11.5 Å². The maximum atomic E-state index is 12.7. The van der Waals surface area contributed by atoms with E-state index in [1.807, 2.05) is 0 Å². The highest BCUT2D eigenvalue weighted by Gasteiger charge is 2.31. The van der Waals surface area contributed by atoms with Gasteiger partial charge in [0.15, 0.2) is 8.03 Å². The van der Waals surface area contributed by atoms with E-state index in [1.54, 1.807) is 6.92 Å². The van der Waals surface area contributed by atoms with Gasteiger partial charge < -0.3 is 9.26 Å². The van der Waals surface area contributed by atoms with E-state index < -0.39 is 24.7 Å². The smallest absolute Gasteiger partial charge is 0.416 e. The van der Waals surface area contributed by atoms with Gasteiger partial charge in [-0.05, 0) is 43.7 Å². The first-order chi connectivity index (χ1) is 13.1. The van der Waals surface area contributed by atoms with Gasteiger partial charge in [0.25, 0.3) is 5.69 Å². The van der Waals surface area contributed by atoms with Gasteiger partial charge in [0.05, 0.1) is 22.1 Å². The monoisotopic (exact) mass is 437 g/mol. The van der Waals surface area contributed by atoms with E-state index in [-0.39, 0.29) is 47.0 Å². The molecule has 2 aromatic rings. The maximum Gasteiger partial charge on any atom is 0.416 e. The topological polar surface area (TPSA) is 78.7 Å². The average molecular weight is 438 g/mol. The van der Waals surface area contributed by atoms with E-state index in [1.165, 1.54) is 18.2 Å². The Bertz CT molecular complexity index is 892. The Kier molecular flexibility index (Phi) is 7.46. The molecule has 152 valence electrons. The van der Waals surface area contributed by atoms with Crippen LogP contribution in [0.25, 0.3) is 0 Å². The summed E-state index contributed by atoms with van der Waals surface area (Å²) in [6, 6.07) is 6.51. The third kappa shape index (κ3) is 5.95. The van der Waals surface area contributed by atoms with Crippen molar-refractivity contribution >= 4 is 25.3 Å². The zero-order valence-corrected chi connectivity index (χ0v) is 16.3. The molecule has 0 saturated carbocycles. The first kappa shape index (κ1) is 22.2. The van der Waals surface area contributed by atoms with Gasteiger partial charge in [0.2, 0.25) is 0 Å². The van der Waals surface area contributed by atoms with Gasteiger partial charge in [0, 0.05) is 17.8 Å². The van der Waals surface area contributed by atoms with Crippen molar-refractivity contribution in [3.63, 3.8) is 0 Å². The van der Waals surface area contributed by atoms with E-state index in [4.69, 9.17) is 20.9 Å². The number of hydrogen-bond donors (Lipinski definition) is 0. The van der Waals surface area contributed by atoms with Crippen molar-refractivity contribution in [2.45, 2.75) is 19.5 Å². The molecule has 0 radical (unpaired) electrons. The molecule has 0 aliphatic heterocycles. The number of alkyl halides is 3. The Balaban J connectivity index is 2.25. The first-order valence-electron chi connectivity index (χ1n) is 8.09. The maximum absolute atomic E-state index is 12.7. The summed E-state index contributed by atoms with van der Waals surface area (Å²) in [4.78, 5) is 10.6. The standard InChI is InChI=1S/C17H16ClF3NO5P/c1-2-26-28(25)8-7-11-9-13(4-5-15(11)22(23)24)27-16-6-3-12(10-14(16)18)17(19,20)21/h3-6,9-10,28H,2,7-8H2,1H3. The fourth-order valence-electron chi connectivity index (χ4n) is 2.36. The molecule has 1 atom stereocenters. The lowest BCUT2D eigenvalue weighted by molar-refractivity contribution is -0.385. The van der Waals surface area contributed by atoms with Crippen LogP contribution in [-0.4, -0.2) is 17.7 Å². The van der Waals surface area contributed by atoms with Gasteiger partial charge >= 0.3 is 6.18 Å². The number of halogens is 4. The lowest BCUT2D eigenvalue weighted by Crippen LogP contribution is -2.04. The summed E-state index contributed by atoms with van der Waals surface area (Å²) in [5.74, 6) is 0.121. The second kappa shape index (κ2) is 9.41. The molecule has 1 unspecified atom stereocenters. The number of benzene rings is 2. The molecule has 0 amide bonds. The van der Waals surface area contributed by atoms with Crippen LogP contribution < -0.4 is 4.74 Å². The van der Waals surface area contributed by atoms with Gasteiger partial charge in [-0.15, -0.1) is 0 Å². The number of ether oxygens (including phenoxy) is 1. The van der Waals surface area contributed by atoms with Crippen molar-refractivity contribution < 1.29 is 31.9 Å². The zero-order chi connectivity index (χ0) is 20.9. The quantitative estimate of drug-likeness (QED) is 0.283. The Morgan fingerprint density at radius 1 is 1.21 bits per heavy atom. The molecule has 0 aliphatic carbocycles. The summed E-state index contributed by atoms with van der Waals surface area (Å²) in [6.07, 6.45) is -4.31. The summed E-state index contributed by atoms with van der Waals surface area (Å²) in [7, 11) is -2.32. The molecule has 0 N–H and O–H groups in total. The number of hydrogen-bond acceptors (Lipinski definition) is 5. The average Bonchev–Trinajstić information content (AvgIpc) is 2.61. The molecule has 0 aromatic heterocycles. The molecule has 0 fully saturated rings. The third-order valence-electron chi connectivity index (χ3n) is 3.64. The van der Waals surface area contributed by atoms with E-state index in [2.05, 4.69) is 0 Å². The first-order valence-corrected chi connectivity index (χ1v) is 9.99. The van der Waals surface area contributed by atoms with E-state index >= 15 is 0 Å². The molecule has 11 heteroatoms. The summed E-state index contributed by atoms with van der Waals surface area (Å²) < 4.78 is 60.3. The predicted octanol–water partition coefficient (Wildman–Crippen LogP) is 6.11. The number of nitro groups is 1. The lowest BCUT2D eigenvalue weighted by Gasteiger charge is -2.12. The number of rotatable bonds is 8. The van der Waals surface area contributed by atoms with Gasteiger partial charge in [-0.3, -0.25) is 14.7 Å². The van der Waals surface area contributed by atoms with Crippen LogP contribution in [0.2, 0.25) is 5.02 Å². The molecule has 0 aliphatic rings. The fourth-order valence-corrected chi connectivity index (χ4v) is 3.52. The van der Waals surface area contributed by atoms with Crippen LogP contribution in [0.1, 0.15) is 18.1 Å². The molecular formula is C17H16ClF3NO5P. The molecule has 2 aromatic carbocycles. The summed E-state index contributed by atoms with van der Waals surface area (Å²) >= 11 is 5.86. The van der Waals surface area contributed by atoms with Crippen molar-refractivity contribution in [1.82, 2.24) is 0 Å². The summed E-state index contributed by atoms with van der Waals surface area (Å²) in [6.45, 7) is 1.96. The largest absolute Gasteiger partial charge is 0.456 e. The minimum absolute atomic E-state index is 0.0302. The van der Waals surface area contributed by atoms with Crippen LogP contribution in [0.5, 0.6) is 11.5 Å². The molecule has 2 rings (SSSR count). The number of aryl methyl sites for hydroxylation is 1. The van der Waals surface area contributed by atoms with Crippen LogP contribution in [-0.2, 0) is 21.7 Å². The fraction of sp³-hybridized carbons (Fsp3) is 0.294.